The highest BCUT2D eigenvalue weighted by atomic mass is 32.1. The summed E-state index contributed by atoms with van der Waals surface area (Å²) >= 11 is 1.52. The molecule has 3 nitrogen and oxygen atoms in total. The molecule has 0 unspecified atom stereocenters. The van der Waals surface area contributed by atoms with E-state index in [1.165, 1.54) is 22.5 Å². The number of rotatable bonds is 2. The summed E-state index contributed by atoms with van der Waals surface area (Å²) < 4.78 is 0. The molecule has 0 aliphatic heterocycles. The molecule has 0 fully saturated rings. The number of aromatic nitrogens is 1. The molecular weight excluding hydrogens is 268 g/mol. The van der Waals surface area contributed by atoms with E-state index >= 15 is 0 Å². The second kappa shape index (κ2) is 5.02. The van der Waals surface area contributed by atoms with Gasteiger partial charge in [0.2, 0.25) is 0 Å². The Bertz CT molecular complexity index is 655. The van der Waals surface area contributed by atoms with E-state index in [0.29, 0.717) is 6.42 Å². The number of carbonyl (C=O) groups excluding carboxylic acids is 1. The van der Waals surface area contributed by atoms with Crippen LogP contribution >= 0.6 is 11.3 Å². The predicted octanol–water partition coefficient (Wildman–Crippen LogP) is 4.05. The van der Waals surface area contributed by atoms with Gasteiger partial charge in [-0.05, 0) is 49.9 Å². The summed E-state index contributed by atoms with van der Waals surface area (Å²) in [6.07, 6.45) is 2.53. The minimum Gasteiger partial charge on any atom is -0.321 e. The highest BCUT2D eigenvalue weighted by molar-refractivity contribution is 7.17. The Hall–Kier alpha value is -1.68. The molecule has 0 radical (unpaired) electrons. The van der Waals surface area contributed by atoms with Gasteiger partial charge in [-0.3, -0.25) is 4.79 Å². The molecule has 1 heterocycles. The van der Waals surface area contributed by atoms with Crippen molar-refractivity contribution < 1.29 is 4.79 Å². The molecule has 0 spiro atoms. The lowest BCUT2D eigenvalue weighted by Crippen LogP contribution is -2.10. The van der Waals surface area contributed by atoms with Gasteiger partial charge >= 0.3 is 0 Å². The number of carbonyl (C=O) groups is 1. The molecule has 4 heteroatoms. The number of Topliss-reactive ketones (excluding diaryl/α,β-unsaturated/α-hetero) is 1. The van der Waals surface area contributed by atoms with Crippen molar-refractivity contribution in [3.8, 4) is 0 Å². The molecule has 1 aliphatic rings. The number of nitrogens with zero attached hydrogens (tertiary/aromatic N) is 2. The van der Waals surface area contributed by atoms with E-state index in [1.807, 2.05) is 7.05 Å². The fourth-order valence-corrected chi connectivity index (χ4v) is 3.72. The third-order valence-electron chi connectivity index (χ3n) is 3.64. The summed E-state index contributed by atoms with van der Waals surface area (Å²) in [7, 11) is 2.02. The second-order valence-corrected chi connectivity index (χ2v) is 6.43. The van der Waals surface area contributed by atoms with E-state index in [1.54, 1.807) is 0 Å². The summed E-state index contributed by atoms with van der Waals surface area (Å²) in [5, 5.41) is 0.912. The molecule has 2 aromatic rings. The first kappa shape index (κ1) is 13.3. The first-order chi connectivity index (χ1) is 9.54. The minimum atomic E-state index is 0.254. The van der Waals surface area contributed by atoms with Crippen molar-refractivity contribution in [2.24, 2.45) is 0 Å². The number of anilines is 2. The lowest BCUT2D eigenvalue weighted by molar-refractivity contribution is 0.0976. The Labute approximate surface area is 123 Å². The standard InChI is InChI=1S/C16H18N2OS/c1-10-7-11(2)9-12(8-10)18(3)16-17-13-5-4-6-14(19)15(13)20-16/h7-9H,4-6H2,1-3H3. The van der Waals surface area contributed by atoms with Crippen LogP contribution in [0.4, 0.5) is 10.8 Å². The zero-order chi connectivity index (χ0) is 14.3. The van der Waals surface area contributed by atoms with E-state index in [2.05, 4.69) is 41.9 Å². The minimum absolute atomic E-state index is 0.254. The first-order valence-electron chi connectivity index (χ1n) is 6.89. The van der Waals surface area contributed by atoms with Crippen molar-refractivity contribution in [2.45, 2.75) is 33.1 Å². The van der Waals surface area contributed by atoms with Crippen LogP contribution in [0.2, 0.25) is 0 Å². The molecule has 0 saturated heterocycles. The third kappa shape index (κ3) is 2.36. The molecule has 3 rings (SSSR count). The van der Waals surface area contributed by atoms with Crippen LogP contribution in [-0.4, -0.2) is 17.8 Å². The maximum atomic E-state index is 11.9. The quantitative estimate of drug-likeness (QED) is 0.835. The number of thiazole rings is 1. The monoisotopic (exact) mass is 286 g/mol. The summed E-state index contributed by atoms with van der Waals surface area (Å²) in [5.41, 5.74) is 4.59. The lowest BCUT2D eigenvalue weighted by Gasteiger charge is -2.17. The highest BCUT2D eigenvalue weighted by Gasteiger charge is 2.23. The Balaban J connectivity index is 1.98. The smallest absolute Gasteiger partial charge is 0.190 e. The number of hydrogen-bond donors (Lipinski definition) is 0. The number of aryl methyl sites for hydroxylation is 3. The van der Waals surface area contributed by atoms with E-state index in [0.717, 1.165) is 34.2 Å². The molecule has 0 N–H and O–H groups in total. The fourth-order valence-electron chi connectivity index (χ4n) is 2.65. The van der Waals surface area contributed by atoms with Crippen LogP contribution in [0.1, 0.15) is 39.3 Å². The van der Waals surface area contributed by atoms with Crippen LogP contribution in [0, 0.1) is 13.8 Å². The van der Waals surface area contributed by atoms with Gasteiger partial charge in [0.25, 0.3) is 0 Å². The molecule has 20 heavy (non-hydrogen) atoms. The fraction of sp³-hybridized carbons (Fsp3) is 0.375. The molecule has 1 aromatic carbocycles. The molecule has 104 valence electrons. The highest BCUT2D eigenvalue weighted by Crippen LogP contribution is 2.34. The number of ketones is 1. The maximum Gasteiger partial charge on any atom is 0.190 e. The largest absolute Gasteiger partial charge is 0.321 e. The van der Waals surface area contributed by atoms with Gasteiger partial charge in [0, 0.05) is 19.2 Å². The normalized spacial score (nSPS) is 14.2. The zero-order valence-corrected chi connectivity index (χ0v) is 12.9. The zero-order valence-electron chi connectivity index (χ0n) is 12.1. The maximum absolute atomic E-state index is 11.9. The van der Waals surface area contributed by atoms with Crippen LogP contribution < -0.4 is 4.90 Å². The summed E-state index contributed by atoms with van der Waals surface area (Å²) in [6.45, 7) is 4.20. The average Bonchev–Trinajstić information content (AvgIpc) is 2.82. The molecule has 0 amide bonds. The van der Waals surface area contributed by atoms with Gasteiger partial charge in [-0.1, -0.05) is 17.4 Å². The number of hydrogen-bond acceptors (Lipinski definition) is 4. The molecule has 0 saturated carbocycles. The predicted molar refractivity (Wildman–Crippen MR) is 83.4 cm³/mol. The summed E-state index contributed by atoms with van der Waals surface area (Å²) in [4.78, 5) is 19.5. The van der Waals surface area contributed by atoms with E-state index in [4.69, 9.17) is 0 Å². The van der Waals surface area contributed by atoms with Gasteiger partial charge in [-0.25, -0.2) is 4.98 Å². The van der Waals surface area contributed by atoms with Gasteiger partial charge < -0.3 is 4.90 Å². The lowest BCUT2D eigenvalue weighted by atomic mass is 10.0. The van der Waals surface area contributed by atoms with Crippen molar-refractivity contribution in [1.29, 1.82) is 0 Å². The Kier molecular flexibility index (Phi) is 3.34. The molecule has 1 aliphatic carbocycles. The Morgan fingerprint density at radius 1 is 1.15 bits per heavy atom. The molecule has 0 atom stereocenters. The van der Waals surface area contributed by atoms with Crippen molar-refractivity contribution in [1.82, 2.24) is 4.98 Å². The SMILES string of the molecule is Cc1cc(C)cc(N(C)c2nc3c(s2)C(=O)CCC3)c1. The number of benzene rings is 1. The number of fused-ring (bicyclic) bond motifs is 1. The van der Waals surface area contributed by atoms with Crippen molar-refractivity contribution in [2.75, 3.05) is 11.9 Å². The molecule has 0 bridgehead atoms. The summed E-state index contributed by atoms with van der Waals surface area (Å²) in [6, 6.07) is 6.46. The van der Waals surface area contributed by atoms with Gasteiger partial charge in [0.1, 0.15) is 0 Å². The van der Waals surface area contributed by atoms with E-state index < -0.39 is 0 Å². The third-order valence-corrected chi connectivity index (χ3v) is 4.85. The molecule has 1 aromatic heterocycles. The van der Waals surface area contributed by atoms with Crippen molar-refractivity contribution in [3.63, 3.8) is 0 Å². The van der Waals surface area contributed by atoms with Gasteiger partial charge in [0.15, 0.2) is 10.9 Å². The van der Waals surface area contributed by atoms with Gasteiger partial charge in [-0.15, -0.1) is 0 Å². The van der Waals surface area contributed by atoms with Crippen LogP contribution in [0.15, 0.2) is 18.2 Å². The average molecular weight is 286 g/mol. The van der Waals surface area contributed by atoms with Crippen LogP contribution in [0.5, 0.6) is 0 Å². The van der Waals surface area contributed by atoms with Crippen molar-refractivity contribution in [3.05, 3.63) is 39.9 Å². The Morgan fingerprint density at radius 3 is 2.50 bits per heavy atom. The van der Waals surface area contributed by atoms with Crippen molar-refractivity contribution >= 4 is 27.9 Å². The van der Waals surface area contributed by atoms with Crippen LogP contribution in [0.25, 0.3) is 0 Å². The molecular formula is C16H18N2OS. The van der Waals surface area contributed by atoms with Crippen LogP contribution in [-0.2, 0) is 6.42 Å². The first-order valence-corrected chi connectivity index (χ1v) is 7.71. The van der Waals surface area contributed by atoms with Gasteiger partial charge in [0.05, 0.1) is 10.6 Å². The van der Waals surface area contributed by atoms with E-state index in [-0.39, 0.29) is 5.78 Å². The van der Waals surface area contributed by atoms with Gasteiger partial charge in [-0.2, -0.15) is 0 Å². The Morgan fingerprint density at radius 2 is 1.85 bits per heavy atom. The second-order valence-electron chi connectivity index (χ2n) is 5.45. The summed E-state index contributed by atoms with van der Waals surface area (Å²) in [5.74, 6) is 0.254. The topological polar surface area (TPSA) is 33.2 Å². The van der Waals surface area contributed by atoms with E-state index in [9.17, 15) is 4.79 Å². The van der Waals surface area contributed by atoms with Crippen LogP contribution in [0.3, 0.4) is 0 Å².